The van der Waals surface area contributed by atoms with E-state index in [9.17, 15) is 14.0 Å². The topological polar surface area (TPSA) is 49.9 Å². The summed E-state index contributed by atoms with van der Waals surface area (Å²) in [6.07, 6.45) is 2.90. The van der Waals surface area contributed by atoms with Crippen LogP contribution in [-0.2, 0) is 11.2 Å². The molecule has 0 N–H and O–H groups in total. The highest BCUT2D eigenvalue weighted by molar-refractivity contribution is 7.10. The summed E-state index contributed by atoms with van der Waals surface area (Å²) in [5.41, 5.74) is 2.55. The van der Waals surface area contributed by atoms with Gasteiger partial charge in [0.15, 0.2) is 0 Å². The van der Waals surface area contributed by atoms with E-state index in [-0.39, 0.29) is 30.0 Å². The number of hydrogen-bond donors (Lipinski definition) is 0. The SMILES string of the molecule is Cc1ccc(OCC2c3ccsc3CCN2C(=O)CN(CC2CC2)C(=O)c2cccc(F)c2)cc1. The predicted octanol–water partition coefficient (Wildman–Crippen LogP) is 5.25. The third-order valence-corrected chi connectivity index (χ3v) is 7.70. The lowest BCUT2D eigenvalue weighted by atomic mass is 10.00. The van der Waals surface area contributed by atoms with Gasteiger partial charge in [-0.15, -0.1) is 11.3 Å². The van der Waals surface area contributed by atoms with Crippen LogP contribution in [-0.4, -0.2) is 47.9 Å². The number of thiophene rings is 1. The van der Waals surface area contributed by atoms with Crippen LogP contribution in [0, 0.1) is 18.7 Å². The van der Waals surface area contributed by atoms with Crippen molar-refractivity contribution in [2.75, 3.05) is 26.2 Å². The van der Waals surface area contributed by atoms with Crippen LogP contribution in [0.15, 0.2) is 60.0 Å². The Hall–Kier alpha value is -3.19. The van der Waals surface area contributed by atoms with Gasteiger partial charge in [-0.3, -0.25) is 9.59 Å². The second-order valence-corrected chi connectivity index (χ2v) is 10.4. The summed E-state index contributed by atoms with van der Waals surface area (Å²) in [6, 6.07) is 15.4. The Labute approximate surface area is 209 Å². The van der Waals surface area contributed by atoms with E-state index in [1.807, 2.05) is 36.1 Å². The standard InChI is InChI=1S/C28H29FN2O3S/c1-19-5-9-23(10-6-19)34-18-25-24-12-14-35-26(24)11-13-31(25)27(32)17-30(16-20-7-8-20)28(33)21-3-2-4-22(29)15-21/h2-6,9-10,12,14-15,20,25H,7-8,11,13,16-18H2,1H3. The number of aryl methyl sites for hydroxylation is 1. The van der Waals surface area contributed by atoms with Gasteiger partial charge in [-0.05, 0) is 79.4 Å². The fourth-order valence-electron chi connectivity index (χ4n) is 4.57. The molecule has 3 aromatic rings. The average Bonchev–Trinajstić information content (AvgIpc) is 3.54. The molecule has 2 aliphatic rings. The van der Waals surface area contributed by atoms with Crippen LogP contribution in [0.2, 0.25) is 0 Å². The fourth-order valence-corrected chi connectivity index (χ4v) is 5.50. The molecule has 2 heterocycles. The van der Waals surface area contributed by atoms with E-state index in [1.165, 1.54) is 23.1 Å². The van der Waals surface area contributed by atoms with Crippen LogP contribution in [0.3, 0.4) is 0 Å². The predicted molar refractivity (Wildman–Crippen MR) is 134 cm³/mol. The maximum absolute atomic E-state index is 13.8. The molecule has 0 radical (unpaired) electrons. The summed E-state index contributed by atoms with van der Waals surface area (Å²) in [6.45, 7) is 3.45. The first kappa shape index (κ1) is 23.5. The molecule has 0 bridgehead atoms. The number of hydrogen-bond acceptors (Lipinski definition) is 4. The number of fused-ring (bicyclic) bond motifs is 1. The average molecular weight is 493 g/mol. The number of carbonyl (C=O) groups excluding carboxylic acids is 2. The molecule has 2 amide bonds. The number of ether oxygens (including phenoxy) is 1. The van der Waals surface area contributed by atoms with Crippen molar-refractivity contribution in [2.24, 2.45) is 5.92 Å². The molecule has 1 saturated carbocycles. The van der Waals surface area contributed by atoms with E-state index < -0.39 is 5.82 Å². The van der Waals surface area contributed by atoms with Gasteiger partial charge in [0, 0.05) is 23.5 Å². The second-order valence-electron chi connectivity index (χ2n) is 9.42. The Morgan fingerprint density at radius 3 is 2.69 bits per heavy atom. The molecule has 7 heteroatoms. The molecule has 35 heavy (non-hydrogen) atoms. The number of carbonyl (C=O) groups is 2. The first-order valence-corrected chi connectivity index (χ1v) is 13.0. The molecule has 2 aromatic carbocycles. The van der Waals surface area contributed by atoms with Crippen molar-refractivity contribution in [3.8, 4) is 5.75 Å². The molecule has 0 spiro atoms. The minimum atomic E-state index is -0.456. The summed E-state index contributed by atoms with van der Waals surface area (Å²) >= 11 is 1.71. The van der Waals surface area contributed by atoms with Crippen molar-refractivity contribution in [3.63, 3.8) is 0 Å². The number of amides is 2. The molecule has 1 aliphatic carbocycles. The highest BCUT2D eigenvalue weighted by Crippen LogP contribution is 2.35. The van der Waals surface area contributed by atoms with Crippen LogP contribution in [0.5, 0.6) is 5.75 Å². The van der Waals surface area contributed by atoms with Crippen molar-refractivity contribution < 1.29 is 18.7 Å². The number of nitrogens with zero attached hydrogens (tertiary/aromatic N) is 2. The normalized spacial score (nSPS) is 17.1. The van der Waals surface area contributed by atoms with Gasteiger partial charge in [0.05, 0.1) is 6.04 Å². The Morgan fingerprint density at radius 1 is 1.14 bits per heavy atom. The molecule has 5 rings (SSSR count). The highest BCUT2D eigenvalue weighted by atomic mass is 32.1. The molecule has 182 valence electrons. The minimum Gasteiger partial charge on any atom is -0.491 e. The van der Waals surface area contributed by atoms with E-state index in [0.29, 0.717) is 25.6 Å². The van der Waals surface area contributed by atoms with E-state index in [2.05, 4.69) is 11.4 Å². The van der Waals surface area contributed by atoms with Gasteiger partial charge < -0.3 is 14.5 Å². The summed E-state index contributed by atoms with van der Waals surface area (Å²) in [5.74, 6) is 0.311. The number of benzene rings is 2. The van der Waals surface area contributed by atoms with Gasteiger partial charge in [-0.25, -0.2) is 4.39 Å². The number of rotatable bonds is 8. The van der Waals surface area contributed by atoms with Gasteiger partial charge in [-0.1, -0.05) is 23.8 Å². The quantitative estimate of drug-likeness (QED) is 0.431. The minimum absolute atomic E-state index is 0.0215. The molecule has 1 atom stereocenters. The maximum atomic E-state index is 13.8. The van der Waals surface area contributed by atoms with E-state index in [0.717, 1.165) is 36.1 Å². The summed E-state index contributed by atoms with van der Waals surface area (Å²) in [4.78, 5) is 31.6. The molecular formula is C28H29FN2O3S. The molecule has 1 unspecified atom stereocenters. The number of halogens is 1. The first-order valence-electron chi connectivity index (χ1n) is 12.1. The monoisotopic (exact) mass is 492 g/mol. The van der Waals surface area contributed by atoms with Crippen molar-refractivity contribution in [1.82, 2.24) is 9.80 Å². The molecule has 5 nitrogen and oxygen atoms in total. The lowest BCUT2D eigenvalue weighted by Crippen LogP contribution is -2.48. The third kappa shape index (κ3) is 5.56. The third-order valence-electron chi connectivity index (χ3n) is 6.70. The van der Waals surface area contributed by atoms with Gasteiger partial charge >= 0.3 is 0 Å². The summed E-state index contributed by atoms with van der Waals surface area (Å²) in [7, 11) is 0. The Kier molecular flexibility index (Phi) is 6.86. The zero-order chi connectivity index (χ0) is 24.4. The molecular weight excluding hydrogens is 463 g/mol. The van der Waals surface area contributed by atoms with Gasteiger partial charge in [0.25, 0.3) is 5.91 Å². The highest BCUT2D eigenvalue weighted by Gasteiger charge is 2.35. The van der Waals surface area contributed by atoms with E-state index >= 15 is 0 Å². The van der Waals surface area contributed by atoms with E-state index in [4.69, 9.17) is 4.74 Å². The second kappa shape index (κ2) is 10.2. The maximum Gasteiger partial charge on any atom is 0.254 e. The lowest BCUT2D eigenvalue weighted by Gasteiger charge is -2.37. The van der Waals surface area contributed by atoms with Crippen LogP contribution in [0.4, 0.5) is 4.39 Å². The molecule has 1 aliphatic heterocycles. The first-order chi connectivity index (χ1) is 17.0. The summed E-state index contributed by atoms with van der Waals surface area (Å²) < 4.78 is 19.9. The Bertz CT molecular complexity index is 1200. The molecule has 1 aromatic heterocycles. The Morgan fingerprint density at radius 2 is 1.94 bits per heavy atom. The van der Waals surface area contributed by atoms with E-state index in [1.54, 1.807) is 22.3 Å². The smallest absolute Gasteiger partial charge is 0.254 e. The van der Waals surface area contributed by atoms with Crippen LogP contribution in [0.1, 0.15) is 45.2 Å². The van der Waals surface area contributed by atoms with Gasteiger partial charge in [0.2, 0.25) is 5.91 Å². The van der Waals surface area contributed by atoms with Crippen LogP contribution in [0.25, 0.3) is 0 Å². The largest absolute Gasteiger partial charge is 0.491 e. The molecule has 1 fully saturated rings. The van der Waals surface area contributed by atoms with Crippen molar-refractivity contribution in [3.05, 3.63) is 87.4 Å². The zero-order valence-electron chi connectivity index (χ0n) is 19.8. The van der Waals surface area contributed by atoms with Crippen molar-refractivity contribution in [1.29, 1.82) is 0 Å². The van der Waals surface area contributed by atoms with Gasteiger partial charge in [0.1, 0.15) is 24.7 Å². The van der Waals surface area contributed by atoms with Crippen molar-refractivity contribution in [2.45, 2.75) is 32.2 Å². The zero-order valence-corrected chi connectivity index (χ0v) is 20.6. The van der Waals surface area contributed by atoms with Gasteiger partial charge in [-0.2, -0.15) is 0 Å². The Balaban J connectivity index is 1.34. The lowest BCUT2D eigenvalue weighted by molar-refractivity contribution is -0.135. The van der Waals surface area contributed by atoms with Crippen molar-refractivity contribution >= 4 is 23.2 Å². The van der Waals surface area contributed by atoms with Crippen LogP contribution >= 0.6 is 11.3 Å². The molecule has 0 saturated heterocycles. The summed E-state index contributed by atoms with van der Waals surface area (Å²) in [5, 5.41) is 2.06. The fraction of sp³-hybridized carbons (Fsp3) is 0.357. The van der Waals surface area contributed by atoms with Crippen LogP contribution < -0.4 is 4.74 Å².